The lowest BCUT2D eigenvalue weighted by molar-refractivity contribution is 0.102. The number of hydrogen-bond acceptors (Lipinski definition) is 6. The monoisotopic (exact) mass is 480 g/mol. The van der Waals surface area contributed by atoms with Gasteiger partial charge in [0.15, 0.2) is 0 Å². The molecule has 0 fully saturated rings. The van der Waals surface area contributed by atoms with Crippen LogP contribution in [0.2, 0.25) is 0 Å². The van der Waals surface area contributed by atoms with Crippen molar-refractivity contribution in [2.75, 3.05) is 18.4 Å². The average Bonchev–Trinajstić information content (AvgIpc) is 2.94. The summed E-state index contributed by atoms with van der Waals surface area (Å²) in [5.41, 5.74) is 5.06. The lowest BCUT2D eigenvalue weighted by Crippen LogP contribution is -2.36. The normalized spacial score (nSPS) is 15.4. The maximum atomic E-state index is 12.3. The van der Waals surface area contributed by atoms with E-state index >= 15 is 0 Å². The molecule has 3 N–H and O–H groups in total. The Hall–Kier alpha value is -4.07. The maximum Gasteiger partial charge on any atom is 0.255 e. The highest BCUT2D eigenvalue weighted by Crippen LogP contribution is 2.31. The van der Waals surface area contributed by atoms with E-state index in [0.29, 0.717) is 24.3 Å². The van der Waals surface area contributed by atoms with Crippen LogP contribution in [-0.2, 0) is 6.42 Å². The first-order chi connectivity index (χ1) is 17.7. The largest absolute Gasteiger partial charge is 0.489 e. The molecule has 2 unspecified atom stereocenters. The number of aromatic nitrogens is 2. The van der Waals surface area contributed by atoms with Gasteiger partial charge in [0.25, 0.3) is 5.91 Å². The summed E-state index contributed by atoms with van der Waals surface area (Å²) >= 11 is 0. The molecule has 0 bridgehead atoms. The summed E-state index contributed by atoms with van der Waals surface area (Å²) in [7, 11) is 0. The fourth-order valence-corrected chi connectivity index (χ4v) is 4.25. The molecule has 1 amide bonds. The van der Waals surface area contributed by atoms with Crippen molar-refractivity contribution < 1.29 is 14.6 Å². The molecule has 2 aromatic heterocycles. The number of anilines is 1. The molecule has 7 nitrogen and oxygen atoms in total. The van der Waals surface area contributed by atoms with Gasteiger partial charge in [0.05, 0.1) is 23.7 Å². The standard InChI is InChI=1S/C29H28N4O3/c34-27(23-7-4-14-30-16-23)19-31-18-25-11-8-22-15-21(9-13-28(22)36-25)26-12-10-24(17-32-26)33-29(35)20-5-2-1-3-6-20/h1-7,9-10,12-17,25,27,31,34H,8,11,18-19H2,(H,33,35). The number of carbonyl (C=O) groups is 1. The number of hydrogen-bond donors (Lipinski definition) is 3. The molecule has 2 aromatic carbocycles. The van der Waals surface area contributed by atoms with Gasteiger partial charge in [-0.3, -0.25) is 14.8 Å². The Morgan fingerprint density at radius 1 is 1.06 bits per heavy atom. The number of rotatable bonds is 8. The number of pyridine rings is 2. The third kappa shape index (κ3) is 5.76. The van der Waals surface area contributed by atoms with Gasteiger partial charge < -0.3 is 20.5 Å². The Morgan fingerprint density at radius 3 is 2.72 bits per heavy atom. The highest BCUT2D eigenvalue weighted by Gasteiger charge is 2.20. The van der Waals surface area contributed by atoms with Crippen molar-refractivity contribution in [3.63, 3.8) is 0 Å². The van der Waals surface area contributed by atoms with Gasteiger partial charge in [-0.25, -0.2) is 0 Å². The molecule has 0 spiro atoms. The number of benzene rings is 2. The maximum absolute atomic E-state index is 12.3. The van der Waals surface area contributed by atoms with Gasteiger partial charge in [-0.05, 0) is 66.9 Å². The Labute approximate surface area is 210 Å². The first-order valence-corrected chi connectivity index (χ1v) is 12.1. The molecule has 0 saturated carbocycles. The quantitative estimate of drug-likeness (QED) is 0.346. The fourth-order valence-electron chi connectivity index (χ4n) is 4.25. The van der Waals surface area contributed by atoms with E-state index in [-0.39, 0.29) is 12.0 Å². The number of aliphatic hydroxyl groups is 1. The number of nitrogens with zero attached hydrogens (tertiary/aromatic N) is 2. The Balaban J connectivity index is 1.15. The van der Waals surface area contributed by atoms with Gasteiger partial charge in [-0.15, -0.1) is 0 Å². The molecule has 182 valence electrons. The van der Waals surface area contributed by atoms with E-state index < -0.39 is 6.10 Å². The minimum Gasteiger partial charge on any atom is -0.489 e. The van der Waals surface area contributed by atoms with Crippen LogP contribution in [0.25, 0.3) is 11.3 Å². The number of aliphatic hydroxyl groups excluding tert-OH is 1. The summed E-state index contributed by atoms with van der Waals surface area (Å²) in [5, 5.41) is 16.5. The van der Waals surface area contributed by atoms with Crippen molar-refractivity contribution in [3.05, 3.63) is 108 Å². The number of amides is 1. The predicted octanol–water partition coefficient (Wildman–Crippen LogP) is 4.41. The van der Waals surface area contributed by atoms with E-state index in [0.717, 1.165) is 41.0 Å². The molecule has 3 heterocycles. The van der Waals surface area contributed by atoms with Gasteiger partial charge >= 0.3 is 0 Å². The van der Waals surface area contributed by atoms with Gasteiger partial charge in [0.1, 0.15) is 11.9 Å². The summed E-state index contributed by atoms with van der Waals surface area (Å²) < 4.78 is 6.19. The summed E-state index contributed by atoms with van der Waals surface area (Å²) in [6.07, 6.45) is 6.31. The zero-order valence-corrected chi connectivity index (χ0v) is 19.8. The molecule has 0 aliphatic carbocycles. The van der Waals surface area contributed by atoms with Crippen molar-refractivity contribution in [1.29, 1.82) is 0 Å². The summed E-state index contributed by atoms with van der Waals surface area (Å²) in [6.45, 7) is 1.11. The van der Waals surface area contributed by atoms with Crippen LogP contribution in [0.15, 0.2) is 91.4 Å². The van der Waals surface area contributed by atoms with Gasteiger partial charge in [-0.2, -0.15) is 0 Å². The van der Waals surface area contributed by atoms with Crippen molar-refractivity contribution >= 4 is 11.6 Å². The minimum atomic E-state index is -0.595. The molecular formula is C29H28N4O3. The highest BCUT2D eigenvalue weighted by atomic mass is 16.5. The minimum absolute atomic E-state index is 0.0510. The molecule has 1 aliphatic rings. The lowest BCUT2D eigenvalue weighted by Gasteiger charge is -2.27. The highest BCUT2D eigenvalue weighted by molar-refractivity contribution is 6.04. The molecule has 5 rings (SSSR count). The van der Waals surface area contributed by atoms with Crippen LogP contribution in [0.1, 0.15) is 34.0 Å². The zero-order chi connectivity index (χ0) is 24.7. The number of carbonyl (C=O) groups excluding carboxylic acids is 1. The van der Waals surface area contributed by atoms with Crippen LogP contribution in [0, 0.1) is 0 Å². The zero-order valence-electron chi connectivity index (χ0n) is 19.8. The van der Waals surface area contributed by atoms with Crippen molar-refractivity contribution in [2.24, 2.45) is 0 Å². The number of aryl methyl sites for hydroxylation is 1. The molecule has 2 atom stereocenters. The van der Waals surface area contributed by atoms with E-state index in [1.54, 1.807) is 30.7 Å². The smallest absolute Gasteiger partial charge is 0.255 e. The second-order valence-corrected chi connectivity index (χ2v) is 8.81. The summed E-state index contributed by atoms with van der Waals surface area (Å²) in [4.78, 5) is 20.9. The second kappa shape index (κ2) is 11.1. The lowest BCUT2D eigenvalue weighted by atomic mass is 9.98. The number of ether oxygens (including phenoxy) is 1. The van der Waals surface area contributed by atoms with E-state index in [1.165, 1.54) is 0 Å². The van der Waals surface area contributed by atoms with Crippen LogP contribution in [0.4, 0.5) is 5.69 Å². The molecule has 0 radical (unpaired) electrons. The SMILES string of the molecule is O=C(Nc1ccc(-c2ccc3c(c2)CCC(CNCC(O)c2cccnc2)O3)nc1)c1ccccc1. The van der Waals surface area contributed by atoms with Crippen LogP contribution < -0.4 is 15.4 Å². The summed E-state index contributed by atoms with van der Waals surface area (Å²) in [5.74, 6) is 0.725. The Kier molecular flexibility index (Phi) is 7.30. The third-order valence-corrected chi connectivity index (χ3v) is 6.22. The molecule has 4 aromatic rings. The first kappa shape index (κ1) is 23.7. The second-order valence-electron chi connectivity index (χ2n) is 8.81. The van der Waals surface area contributed by atoms with E-state index in [9.17, 15) is 9.90 Å². The van der Waals surface area contributed by atoms with E-state index in [4.69, 9.17) is 4.74 Å². The number of fused-ring (bicyclic) bond motifs is 1. The third-order valence-electron chi connectivity index (χ3n) is 6.22. The topological polar surface area (TPSA) is 96.4 Å². The van der Waals surface area contributed by atoms with Crippen molar-refractivity contribution in [1.82, 2.24) is 15.3 Å². The van der Waals surface area contributed by atoms with Crippen LogP contribution in [0.3, 0.4) is 0 Å². The van der Waals surface area contributed by atoms with Crippen LogP contribution in [0.5, 0.6) is 5.75 Å². The first-order valence-electron chi connectivity index (χ1n) is 12.1. The van der Waals surface area contributed by atoms with Crippen LogP contribution >= 0.6 is 0 Å². The molecule has 36 heavy (non-hydrogen) atoms. The Morgan fingerprint density at radius 2 is 1.94 bits per heavy atom. The molecular weight excluding hydrogens is 452 g/mol. The van der Waals surface area contributed by atoms with Crippen molar-refractivity contribution in [2.45, 2.75) is 25.0 Å². The Bertz CT molecular complexity index is 1300. The number of nitrogens with one attached hydrogen (secondary N) is 2. The van der Waals surface area contributed by atoms with Gasteiger partial charge in [0.2, 0.25) is 0 Å². The molecule has 7 heteroatoms. The molecule has 1 aliphatic heterocycles. The molecule has 0 saturated heterocycles. The summed E-state index contributed by atoms with van der Waals surface area (Å²) in [6, 6.07) is 22.7. The van der Waals surface area contributed by atoms with Gasteiger partial charge in [0, 0.05) is 42.2 Å². The van der Waals surface area contributed by atoms with Crippen LogP contribution in [-0.4, -0.2) is 40.2 Å². The van der Waals surface area contributed by atoms with E-state index in [1.807, 2.05) is 54.6 Å². The predicted molar refractivity (Wildman–Crippen MR) is 139 cm³/mol. The van der Waals surface area contributed by atoms with E-state index in [2.05, 4.69) is 26.7 Å². The average molecular weight is 481 g/mol. The van der Waals surface area contributed by atoms with Crippen molar-refractivity contribution in [3.8, 4) is 17.0 Å². The fraction of sp³-hybridized carbons (Fsp3) is 0.207. The van der Waals surface area contributed by atoms with Gasteiger partial charge in [-0.1, -0.05) is 24.3 Å².